The topological polar surface area (TPSA) is 103 Å². The zero-order valence-electron chi connectivity index (χ0n) is 16.8. The molecule has 0 bridgehead atoms. The van der Waals surface area contributed by atoms with E-state index in [1.54, 1.807) is 45.2 Å². The Balaban J connectivity index is 2.31. The van der Waals surface area contributed by atoms with Crippen molar-refractivity contribution in [3.8, 4) is 5.69 Å². The smallest absolute Gasteiger partial charge is 0.356 e. The maximum absolute atomic E-state index is 12.5. The Labute approximate surface area is 168 Å². The van der Waals surface area contributed by atoms with Crippen LogP contribution >= 0.6 is 0 Å². The third-order valence-electron chi connectivity index (χ3n) is 3.89. The summed E-state index contributed by atoms with van der Waals surface area (Å²) in [6, 6.07) is 10.3. The summed E-state index contributed by atoms with van der Waals surface area (Å²) in [5.41, 5.74) is 3.43. The molecule has 0 unspecified atom stereocenters. The second-order valence-electron chi connectivity index (χ2n) is 5.91. The molecule has 9 heteroatoms. The highest BCUT2D eigenvalue weighted by Gasteiger charge is 2.21. The van der Waals surface area contributed by atoms with Gasteiger partial charge in [-0.2, -0.15) is 9.78 Å². The number of ether oxygens (including phenoxy) is 2. The maximum atomic E-state index is 12.5. The number of carbonyl (C=O) groups excluding carboxylic acids is 2. The lowest BCUT2D eigenvalue weighted by Crippen LogP contribution is -2.39. The van der Waals surface area contributed by atoms with E-state index < -0.39 is 11.9 Å². The van der Waals surface area contributed by atoms with Gasteiger partial charge in [-0.15, -0.1) is 0 Å². The third-order valence-corrected chi connectivity index (χ3v) is 3.89. The molecule has 0 atom stereocenters. The van der Waals surface area contributed by atoms with E-state index in [2.05, 4.69) is 10.5 Å². The predicted molar refractivity (Wildman–Crippen MR) is 107 cm³/mol. The van der Waals surface area contributed by atoms with E-state index in [0.29, 0.717) is 11.4 Å². The lowest BCUT2D eigenvalue weighted by atomic mass is 10.2. The van der Waals surface area contributed by atoms with Gasteiger partial charge in [-0.05, 0) is 32.9 Å². The fraction of sp³-hybridized carbons (Fsp3) is 0.300. The first kappa shape index (κ1) is 21.7. The molecule has 1 N–H and O–H groups in total. The minimum Gasteiger partial charge on any atom is -0.463 e. The Kier molecular flexibility index (Phi) is 7.53. The average Bonchev–Trinajstić information content (AvgIpc) is 2.72. The summed E-state index contributed by atoms with van der Waals surface area (Å²) < 4.78 is 11.2. The Bertz CT molecular complexity index is 953. The van der Waals surface area contributed by atoms with Crippen molar-refractivity contribution in [2.75, 3.05) is 25.3 Å². The second-order valence-corrected chi connectivity index (χ2v) is 5.91. The summed E-state index contributed by atoms with van der Waals surface area (Å²) in [5.74, 6) is -1.36. The van der Waals surface area contributed by atoms with Crippen LogP contribution in [0.4, 0.5) is 5.69 Å². The van der Waals surface area contributed by atoms with Crippen molar-refractivity contribution >= 4 is 17.6 Å². The van der Waals surface area contributed by atoms with Crippen LogP contribution in [0.3, 0.4) is 0 Å². The molecule has 1 heterocycles. The molecule has 0 saturated heterocycles. The number of hydrogen-bond donors (Lipinski definition) is 1. The monoisotopic (exact) mass is 400 g/mol. The number of nitrogens with zero attached hydrogens (tertiary/aromatic N) is 3. The van der Waals surface area contributed by atoms with Gasteiger partial charge in [0, 0.05) is 13.1 Å². The zero-order chi connectivity index (χ0) is 21.4. The largest absolute Gasteiger partial charge is 0.463 e. The van der Waals surface area contributed by atoms with Crippen LogP contribution in [0.15, 0.2) is 58.7 Å². The molecule has 0 radical (unpaired) electrons. The van der Waals surface area contributed by atoms with E-state index in [0.717, 1.165) is 0 Å². The van der Waals surface area contributed by atoms with Gasteiger partial charge in [0.2, 0.25) is 0 Å². The summed E-state index contributed by atoms with van der Waals surface area (Å²) in [6.45, 7) is 5.09. The van der Waals surface area contributed by atoms with E-state index >= 15 is 0 Å². The van der Waals surface area contributed by atoms with Gasteiger partial charge >= 0.3 is 11.9 Å². The van der Waals surface area contributed by atoms with Gasteiger partial charge in [0.15, 0.2) is 5.70 Å². The molecule has 2 aromatic rings. The molecular formula is C20H24N4O5. The molecule has 0 aliphatic rings. The summed E-state index contributed by atoms with van der Waals surface area (Å²) >= 11 is 0. The minimum atomic E-state index is -0.713. The fourth-order valence-corrected chi connectivity index (χ4v) is 2.40. The molecule has 0 fully saturated rings. The predicted octanol–water partition coefficient (Wildman–Crippen LogP) is 1.57. The number of hydrogen-bond acceptors (Lipinski definition) is 8. The SMILES string of the molecule is CCOC(=O)/C(C)=C(/NN(C)c1cnn(-c2ccccc2)c(=O)c1)C(=O)OCC. The number of carbonyl (C=O) groups is 2. The lowest BCUT2D eigenvalue weighted by Gasteiger charge is -2.23. The first-order chi connectivity index (χ1) is 13.9. The average molecular weight is 400 g/mol. The van der Waals surface area contributed by atoms with Crippen molar-refractivity contribution in [2.45, 2.75) is 20.8 Å². The first-order valence-electron chi connectivity index (χ1n) is 9.09. The third kappa shape index (κ3) is 5.44. The Morgan fingerprint density at radius 2 is 1.72 bits per heavy atom. The van der Waals surface area contributed by atoms with Gasteiger partial charge in [-0.3, -0.25) is 15.2 Å². The van der Waals surface area contributed by atoms with Crippen molar-refractivity contribution in [3.05, 3.63) is 64.2 Å². The van der Waals surface area contributed by atoms with Crippen molar-refractivity contribution in [1.29, 1.82) is 0 Å². The highest BCUT2D eigenvalue weighted by molar-refractivity contribution is 5.99. The van der Waals surface area contributed by atoms with E-state index in [1.807, 2.05) is 6.07 Å². The quantitative estimate of drug-likeness (QED) is 0.405. The Hall–Kier alpha value is -3.62. The van der Waals surface area contributed by atoms with Crippen molar-refractivity contribution in [1.82, 2.24) is 15.2 Å². The molecular weight excluding hydrogens is 376 g/mol. The normalized spacial score (nSPS) is 11.3. The van der Waals surface area contributed by atoms with Crippen molar-refractivity contribution < 1.29 is 19.1 Å². The van der Waals surface area contributed by atoms with Crippen LogP contribution in [0.1, 0.15) is 20.8 Å². The second kappa shape index (κ2) is 10.1. The fourth-order valence-electron chi connectivity index (χ4n) is 2.40. The highest BCUT2D eigenvalue weighted by atomic mass is 16.5. The molecule has 0 aliphatic heterocycles. The molecule has 0 amide bonds. The first-order valence-corrected chi connectivity index (χ1v) is 9.09. The molecule has 2 rings (SSSR count). The Morgan fingerprint density at radius 3 is 2.31 bits per heavy atom. The van der Waals surface area contributed by atoms with Gasteiger partial charge in [0.1, 0.15) is 0 Å². The molecule has 0 saturated carbocycles. The number of rotatable bonds is 8. The van der Waals surface area contributed by atoms with Crippen molar-refractivity contribution in [3.63, 3.8) is 0 Å². The van der Waals surface area contributed by atoms with Crippen LogP contribution in [0.25, 0.3) is 5.69 Å². The van der Waals surface area contributed by atoms with Gasteiger partial charge in [-0.25, -0.2) is 9.59 Å². The van der Waals surface area contributed by atoms with Crippen LogP contribution in [0, 0.1) is 0 Å². The number of benzene rings is 1. The van der Waals surface area contributed by atoms with E-state index in [9.17, 15) is 14.4 Å². The number of aromatic nitrogens is 2. The van der Waals surface area contributed by atoms with Gasteiger partial charge in [0.25, 0.3) is 5.56 Å². The van der Waals surface area contributed by atoms with Gasteiger partial charge in [0.05, 0.1) is 36.4 Å². The Morgan fingerprint density at radius 1 is 1.10 bits per heavy atom. The summed E-state index contributed by atoms with van der Waals surface area (Å²) in [6.07, 6.45) is 1.46. The van der Waals surface area contributed by atoms with E-state index in [-0.39, 0.29) is 30.0 Å². The maximum Gasteiger partial charge on any atom is 0.356 e. The number of hydrazine groups is 1. The molecule has 29 heavy (non-hydrogen) atoms. The highest BCUT2D eigenvalue weighted by Crippen LogP contribution is 2.12. The summed E-state index contributed by atoms with van der Waals surface area (Å²) in [5, 5.41) is 5.57. The summed E-state index contributed by atoms with van der Waals surface area (Å²) in [7, 11) is 1.58. The molecule has 1 aromatic carbocycles. The van der Waals surface area contributed by atoms with Gasteiger partial charge in [-0.1, -0.05) is 18.2 Å². The standard InChI is InChI=1S/C20H24N4O5/c1-5-28-19(26)14(3)18(20(27)29-6-2)22-23(4)16-12-17(25)24(21-13-16)15-10-8-7-9-11-15/h7-13,22H,5-6H2,1-4H3/b18-14+. The van der Waals surface area contributed by atoms with Gasteiger partial charge < -0.3 is 9.47 Å². The van der Waals surface area contributed by atoms with E-state index in [4.69, 9.17) is 9.47 Å². The summed E-state index contributed by atoms with van der Waals surface area (Å²) in [4.78, 5) is 36.8. The number of para-hydroxylation sites is 1. The van der Waals surface area contributed by atoms with Crippen LogP contribution in [0.2, 0.25) is 0 Å². The van der Waals surface area contributed by atoms with Crippen LogP contribution in [-0.2, 0) is 19.1 Å². The van der Waals surface area contributed by atoms with Crippen LogP contribution < -0.4 is 16.0 Å². The number of nitrogens with one attached hydrogen (secondary N) is 1. The molecule has 0 spiro atoms. The molecule has 0 aliphatic carbocycles. The molecule has 1 aromatic heterocycles. The number of esters is 2. The lowest BCUT2D eigenvalue weighted by molar-refractivity contribution is -0.142. The van der Waals surface area contributed by atoms with Crippen LogP contribution in [0.5, 0.6) is 0 Å². The molecule has 154 valence electrons. The van der Waals surface area contributed by atoms with E-state index in [1.165, 1.54) is 28.9 Å². The number of anilines is 1. The minimum absolute atomic E-state index is 0.0581. The van der Waals surface area contributed by atoms with Crippen LogP contribution in [-0.4, -0.2) is 42.0 Å². The van der Waals surface area contributed by atoms with Crippen molar-refractivity contribution in [2.24, 2.45) is 0 Å². The molecule has 9 nitrogen and oxygen atoms in total. The zero-order valence-corrected chi connectivity index (χ0v) is 16.8.